The number of anilines is 1. The Kier molecular flexibility index (Phi) is 3.85. The highest BCUT2D eigenvalue weighted by Gasteiger charge is 2.29. The number of nitrogens with two attached hydrogens (primary N) is 1. The summed E-state index contributed by atoms with van der Waals surface area (Å²) in [7, 11) is -1.43. The number of nitrogens with zero attached hydrogens (tertiary/aromatic N) is 2. The quantitative estimate of drug-likeness (QED) is 0.816. The van der Waals surface area contributed by atoms with E-state index in [-0.39, 0.29) is 0 Å². The summed E-state index contributed by atoms with van der Waals surface area (Å²) in [5.41, 5.74) is 7.93. The predicted octanol–water partition coefficient (Wildman–Crippen LogP) is 0.822. The highest BCUT2D eigenvalue weighted by atomic mass is 32.2. The largest absolute Gasteiger partial charge is 0.398 e. The molecule has 1 aliphatic heterocycles. The molecular weight excluding hydrogens is 262 g/mol. The molecule has 1 aliphatic rings. The summed E-state index contributed by atoms with van der Waals surface area (Å²) >= 11 is 0. The summed E-state index contributed by atoms with van der Waals surface area (Å²) < 4.78 is 26.9. The first-order valence-electron chi connectivity index (χ1n) is 6.38. The summed E-state index contributed by atoms with van der Waals surface area (Å²) in [6, 6.07) is 3.51. The molecule has 19 heavy (non-hydrogen) atoms. The molecule has 2 N–H and O–H groups in total. The van der Waals surface area contributed by atoms with Crippen LogP contribution in [0.5, 0.6) is 0 Å². The fraction of sp³-hybridized carbons (Fsp3) is 0.538. The van der Waals surface area contributed by atoms with Crippen molar-refractivity contribution in [3.8, 4) is 0 Å². The Bertz CT molecular complexity index is 576. The maximum absolute atomic E-state index is 12.7. The third-order valence-electron chi connectivity index (χ3n) is 3.62. The molecule has 0 bridgehead atoms. The maximum Gasteiger partial charge on any atom is 0.243 e. The number of sulfonamides is 1. The second-order valence-corrected chi connectivity index (χ2v) is 7.09. The summed E-state index contributed by atoms with van der Waals surface area (Å²) in [5, 5.41) is 0. The van der Waals surface area contributed by atoms with Crippen molar-refractivity contribution in [3.05, 3.63) is 23.3 Å². The zero-order chi connectivity index (χ0) is 14.2. The number of likely N-dealkylation sites (N-methyl/N-ethyl adjacent to an activating group) is 1. The van der Waals surface area contributed by atoms with E-state index in [1.54, 1.807) is 23.4 Å². The first-order chi connectivity index (χ1) is 8.82. The van der Waals surface area contributed by atoms with Gasteiger partial charge in [0, 0.05) is 31.9 Å². The van der Waals surface area contributed by atoms with Gasteiger partial charge in [-0.25, -0.2) is 8.42 Å². The Morgan fingerprint density at radius 2 is 1.68 bits per heavy atom. The van der Waals surface area contributed by atoms with Gasteiger partial charge >= 0.3 is 0 Å². The van der Waals surface area contributed by atoms with Crippen molar-refractivity contribution in [2.24, 2.45) is 0 Å². The van der Waals surface area contributed by atoms with E-state index in [2.05, 4.69) is 4.90 Å². The number of nitrogen functional groups attached to an aromatic ring is 1. The smallest absolute Gasteiger partial charge is 0.243 e. The molecule has 1 heterocycles. The van der Waals surface area contributed by atoms with Crippen molar-refractivity contribution in [1.82, 2.24) is 9.21 Å². The minimum Gasteiger partial charge on any atom is -0.398 e. The molecule has 0 saturated carbocycles. The minimum atomic E-state index is -3.43. The summed E-state index contributed by atoms with van der Waals surface area (Å²) in [4.78, 5) is 2.47. The molecule has 1 aromatic carbocycles. The van der Waals surface area contributed by atoms with Gasteiger partial charge in [0.15, 0.2) is 0 Å². The highest BCUT2D eigenvalue weighted by molar-refractivity contribution is 7.89. The molecule has 1 saturated heterocycles. The van der Waals surface area contributed by atoms with E-state index in [1.165, 1.54) is 0 Å². The lowest BCUT2D eigenvalue weighted by atomic mass is 10.1. The van der Waals surface area contributed by atoms with Gasteiger partial charge in [-0.05, 0) is 44.2 Å². The molecule has 0 aliphatic carbocycles. The molecule has 6 heteroatoms. The van der Waals surface area contributed by atoms with Crippen molar-refractivity contribution in [1.29, 1.82) is 0 Å². The molecule has 0 aromatic heterocycles. The first-order valence-corrected chi connectivity index (χ1v) is 7.82. The van der Waals surface area contributed by atoms with Gasteiger partial charge in [0.1, 0.15) is 0 Å². The summed E-state index contributed by atoms with van der Waals surface area (Å²) in [5.74, 6) is 0. The Hall–Kier alpha value is -1.11. The standard InChI is InChI=1S/C13H21N3O2S/c1-10-8-12(14)11(2)13(9-10)19(17,18)16-6-4-15(3)5-7-16/h8-9H,4-7,14H2,1-3H3. The molecule has 0 atom stereocenters. The number of hydrogen-bond acceptors (Lipinski definition) is 4. The van der Waals surface area contributed by atoms with Crippen LogP contribution in [0.4, 0.5) is 5.69 Å². The lowest BCUT2D eigenvalue weighted by Crippen LogP contribution is -2.47. The van der Waals surface area contributed by atoms with E-state index in [1.807, 2.05) is 14.0 Å². The molecule has 2 rings (SSSR count). The van der Waals surface area contributed by atoms with Crippen LogP contribution >= 0.6 is 0 Å². The van der Waals surface area contributed by atoms with Gasteiger partial charge in [-0.1, -0.05) is 0 Å². The van der Waals surface area contributed by atoms with Gasteiger partial charge in [-0.15, -0.1) is 0 Å². The van der Waals surface area contributed by atoms with Crippen LogP contribution < -0.4 is 5.73 Å². The Balaban J connectivity index is 2.40. The predicted molar refractivity (Wildman–Crippen MR) is 76.6 cm³/mol. The van der Waals surface area contributed by atoms with E-state index >= 15 is 0 Å². The van der Waals surface area contributed by atoms with Crippen LogP contribution in [0.15, 0.2) is 17.0 Å². The number of benzene rings is 1. The van der Waals surface area contributed by atoms with Gasteiger partial charge in [-0.2, -0.15) is 4.31 Å². The number of piperazine rings is 1. The van der Waals surface area contributed by atoms with Crippen molar-refractivity contribution in [3.63, 3.8) is 0 Å². The molecule has 0 unspecified atom stereocenters. The van der Waals surface area contributed by atoms with Crippen molar-refractivity contribution in [2.75, 3.05) is 39.0 Å². The molecule has 0 spiro atoms. The molecule has 1 fully saturated rings. The Labute approximate surface area is 115 Å². The third kappa shape index (κ3) is 2.75. The monoisotopic (exact) mass is 283 g/mol. The molecule has 5 nitrogen and oxygen atoms in total. The highest BCUT2D eigenvalue weighted by Crippen LogP contribution is 2.26. The average molecular weight is 283 g/mol. The lowest BCUT2D eigenvalue weighted by Gasteiger charge is -2.32. The first kappa shape index (κ1) is 14.3. The normalized spacial score (nSPS) is 18.7. The van der Waals surface area contributed by atoms with Crippen LogP contribution in [0.2, 0.25) is 0 Å². The molecule has 1 aromatic rings. The van der Waals surface area contributed by atoms with Crippen LogP contribution in [0, 0.1) is 13.8 Å². The third-order valence-corrected chi connectivity index (χ3v) is 5.65. The number of aryl methyl sites for hydroxylation is 1. The van der Waals surface area contributed by atoms with E-state index in [9.17, 15) is 8.42 Å². The van der Waals surface area contributed by atoms with E-state index in [4.69, 9.17) is 5.73 Å². The second-order valence-electron chi connectivity index (χ2n) is 5.18. The zero-order valence-corrected chi connectivity index (χ0v) is 12.5. The molecular formula is C13H21N3O2S. The Morgan fingerprint density at radius 3 is 2.26 bits per heavy atom. The fourth-order valence-electron chi connectivity index (χ4n) is 2.29. The molecule has 106 valence electrons. The second kappa shape index (κ2) is 5.11. The summed E-state index contributed by atoms with van der Waals surface area (Å²) in [6.07, 6.45) is 0. The van der Waals surface area contributed by atoms with Crippen LogP contribution in [-0.4, -0.2) is 50.8 Å². The minimum absolute atomic E-state index is 0.342. The van der Waals surface area contributed by atoms with Crippen LogP contribution in [0.25, 0.3) is 0 Å². The summed E-state index contributed by atoms with van der Waals surface area (Å²) in [6.45, 7) is 6.22. The van der Waals surface area contributed by atoms with Gasteiger partial charge in [0.2, 0.25) is 10.0 Å². The van der Waals surface area contributed by atoms with Crippen LogP contribution in [-0.2, 0) is 10.0 Å². The van der Waals surface area contributed by atoms with Crippen molar-refractivity contribution < 1.29 is 8.42 Å². The topological polar surface area (TPSA) is 66.6 Å². The number of rotatable bonds is 2. The molecule has 0 radical (unpaired) electrons. The fourth-order valence-corrected chi connectivity index (χ4v) is 4.05. The van der Waals surface area contributed by atoms with E-state index in [0.29, 0.717) is 29.2 Å². The average Bonchev–Trinajstić information content (AvgIpc) is 2.34. The SMILES string of the molecule is Cc1cc(N)c(C)c(S(=O)(=O)N2CCN(C)CC2)c1. The van der Waals surface area contributed by atoms with Crippen molar-refractivity contribution in [2.45, 2.75) is 18.7 Å². The van der Waals surface area contributed by atoms with Crippen LogP contribution in [0.1, 0.15) is 11.1 Å². The van der Waals surface area contributed by atoms with Gasteiger partial charge in [-0.3, -0.25) is 0 Å². The zero-order valence-electron chi connectivity index (χ0n) is 11.7. The maximum atomic E-state index is 12.7. The van der Waals surface area contributed by atoms with E-state index in [0.717, 1.165) is 18.7 Å². The lowest BCUT2D eigenvalue weighted by molar-refractivity contribution is 0.222. The Morgan fingerprint density at radius 1 is 1.11 bits per heavy atom. The van der Waals surface area contributed by atoms with Crippen molar-refractivity contribution >= 4 is 15.7 Å². The van der Waals surface area contributed by atoms with Crippen LogP contribution in [0.3, 0.4) is 0 Å². The molecule has 0 amide bonds. The van der Waals surface area contributed by atoms with Gasteiger partial charge in [0.25, 0.3) is 0 Å². The van der Waals surface area contributed by atoms with Gasteiger partial charge in [0.05, 0.1) is 4.90 Å². The number of hydrogen-bond donors (Lipinski definition) is 1. The van der Waals surface area contributed by atoms with Gasteiger partial charge < -0.3 is 10.6 Å². The van der Waals surface area contributed by atoms with E-state index < -0.39 is 10.0 Å².